The maximum atomic E-state index is 12.5. The van der Waals surface area contributed by atoms with Crippen molar-refractivity contribution >= 4 is 43.3 Å². The van der Waals surface area contributed by atoms with Crippen LogP contribution in [0.3, 0.4) is 0 Å². The van der Waals surface area contributed by atoms with Crippen LogP contribution in [-0.2, 0) is 14.8 Å². The fourth-order valence-corrected chi connectivity index (χ4v) is 5.37. The number of nitrogens with one attached hydrogen (secondary N) is 1. The summed E-state index contributed by atoms with van der Waals surface area (Å²) in [5.74, 6) is 0.946. The van der Waals surface area contributed by atoms with E-state index in [9.17, 15) is 8.42 Å². The number of methoxy groups -OCH3 is 1. The number of hydrogen-bond donors (Lipinski definition) is 1. The van der Waals surface area contributed by atoms with Crippen molar-refractivity contribution in [2.75, 3.05) is 19.5 Å². The maximum Gasteiger partial charge on any atom is 0.240 e. The van der Waals surface area contributed by atoms with Gasteiger partial charge in [-0.1, -0.05) is 25.6 Å². The lowest BCUT2D eigenvalue weighted by Crippen LogP contribution is -2.37. The van der Waals surface area contributed by atoms with E-state index in [4.69, 9.17) is 4.74 Å². The Morgan fingerprint density at radius 2 is 2.18 bits per heavy atom. The minimum Gasteiger partial charge on any atom is -0.383 e. The largest absolute Gasteiger partial charge is 0.383 e. The topological polar surface area (TPSA) is 68.3 Å². The third-order valence-electron chi connectivity index (χ3n) is 3.10. The van der Waals surface area contributed by atoms with Crippen LogP contribution in [0.5, 0.6) is 0 Å². The van der Waals surface area contributed by atoms with Gasteiger partial charge in [-0.15, -0.1) is 11.3 Å². The molecule has 0 radical (unpaired) electrons. The fourth-order valence-electron chi connectivity index (χ4n) is 1.96. The van der Waals surface area contributed by atoms with Gasteiger partial charge in [0.25, 0.3) is 0 Å². The first-order valence-electron chi connectivity index (χ1n) is 7.04. The molecule has 1 aromatic carbocycles. The Bertz CT molecular complexity index is 728. The number of sulfonamides is 1. The van der Waals surface area contributed by atoms with E-state index < -0.39 is 10.0 Å². The predicted molar refractivity (Wildman–Crippen MR) is 92.3 cm³/mol. The number of fused-ring (bicyclic) bond motifs is 1. The van der Waals surface area contributed by atoms with E-state index in [1.807, 2.05) is 6.92 Å². The molecule has 0 aliphatic heterocycles. The van der Waals surface area contributed by atoms with Crippen LogP contribution in [0, 0.1) is 0 Å². The highest BCUT2D eigenvalue weighted by Gasteiger charge is 2.20. The number of thiazole rings is 1. The summed E-state index contributed by atoms with van der Waals surface area (Å²) in [5, 5.41) is 0. The third kappa shape index (κ3) is 4.20. The number of ether oxygens (including phenoxy) is 1. The van der Waals surface area contributed by atoms with Crippen molar-refractivity contribution in [2.24, 2.45) is 0 Å². The minimum atomic E-state index is -3.55. The van der Waals surface area contributed by atoms with Gasteiger partial charge in [0.2, 0.25) is 10.0 Å². The average Bonchev–Trinajstić information content (AvgIpc) is 2.88. The zero-order chi connectivity index (χ0) is 16.2. The van der Waals surface area contributed by atoms with Crippen LogP contribution in [0.2, 0.25) is 0 Å². The highest BCUT2D eigenvalue weighted by molar-refractivity contribution is 8.01. The molecule has 5 nitrogen and oxygen atoms in total. The van der Waals surface area contributed by atoms with Crippen LogP contribution in [0.1, 0.15) is 20.3 Å². The number of nitrogens with zero attached hydrogens (tertiary/aromatic N) is 1. The van der Waals surface area contributed by atoms with E-state index in [2.05, 4.69) is 16.6 Å². The second kappa shape index (κ2) is 7.74. The maximum absolute atomic E-state index is 12.5. The van der Waals surface area contributed by atoms with Crippen LogP contribution in [0.15, 0.2) is 27.4 Å². The van der Waals surface area contributed by atoms with Gasteiger partial charge in [0, 0.05) is 13.2 Å². The van der Waals surface area contributed by atoms with Crippen LogP contribution < -0.4 is 4.72 Å². The SMILES string of the molecule is CCSc1nc2ccc(S(=O)(=O)NC(CC)COC)cc2s1. The molecule has 22 heavy (non-hydrogen) atoms. The fraction of sp³-hybridized carbons (Fsp3) is 0.500. The van der Waals surface area contributed by atoms with Gasteiger partial charge in [0.05, 0.1) is 21.7 Å². The molecule has 1 atom stereocenters. The zero-order valence-electron chi connectivity index (χ0n) is 12.8. The molecule has 0 saturated heterocycles. The number of thioether (sulfide) groups is 1. The summed E-state index contributed by atoms with van der Waals surface area (Å²) in [5.41, 5.74) is 0.837. The first-order valence-corrected chi connectivity index (χ1v) is 10.3. The van der Waals surface area contributed by atoms with Gasteiger partial charge in [-0.2, -0.15) is 0 Å². The molecule has 1 aromatic heterocycles. The molecule has 1 heterocycles. The summed E-state index contributed by atoms with van der Waals surface area (Å²) < 4.78 is 34.5. The Balaban J connectivity index is 2.28. The minimum absolute atomic E-state index is 0.224. The number of rotatable bonds is 8. The summed E-state index contributed by atoms with van der Waals surface area (Å²) in [7, 11) is -1.98. The molecular formula is C14H20N2O3S3. The van der Waals surface area contributed by atoms with Crippen molar-refractivity contribution < 1.29 is 13.2 Å². The summed E-state index contributed by atoms with van der Waals surface area (Å²) in [4.78, 5) is 4.75. The summed E-state index contributed by atoms with van der Waals surface area (Å²) in [6.45, 7) is 4.35. The van der Waals surface area contributed by atoms with Gasteiger partial charge < -0.3 is 4.74 Å². The van der Waals surface area contributed by atoms with Crippen LogP contribution in [0.4, 0.5) is 0 Å². The molecule has 1 unspecified atom stereocenters. The molecule has 0 fully saturated rings. The highest BCUT2D eigenvalue weighted by atomic mass is 32.2. The van der Waals surface area contributed by atoms with Crippen molar-refractivity contribution in [2.45, 2.75) is 35.5 Å². The smallest absolute Gasteiger partial charge is 0.240 e. The quantitative estimate of drug-likeness (QED) is 0.733. The van der Waals surface area contributed by atoms with Gasteiger partial charge in [-0.3, -0.25) is 0 Å². The number of hydrogen-bond acceptors (Lipinski definition) is 6. The van der Waals surface area contributed by atoms with E-state index in [1.54, 1.807) is 37.1 Å². The monoisotopic (exact) mass is 360 g/mol. The molecule has 0 bridgehead atoms. The first kappa shape index (κ1) is 17.7. The van der Waals surface area contributed by atoms with Gasteiger partial charge in [-0.05, 0) is 30.4 Å². The average molecular weight is 361 g/mol. The van der Waals surface area contributed by atoms with E-state index >= 15 is 0 Å². The second-order valence-electron chi connectivity index (χ2n) is 4.72. The standard InChI is InChI=1S/C14H20N2O3S3/c1-4-10(9-19-3)16-22(17,18)11-6-7-12-13(8-11)21-14(15-12)20-5-2/h6-8,10,16H,4-5,9H2,1-3H3. The Kier molecular flexibility index (Phi) is 6.22. The Hall–Kier alpha value is -0.670. The number of aromatic nitrogens is 1. The lowest BCUT2D eigenvalue weighted by molar-refractivity contribution is 0.173. The summed E-state index contributed by atoms with van der Waals surface area (Å²) in [6, 6.07) is 4.83. The second-order valence-corrected chi connectivity index (χ2v) is 8.98. The van der Waals surface area contributed by atoms with Gasteiger partial charge in [0.1, 0.15) is 0 Å². The molecule has 0 aliphatic rings. The molecule has 8 heteroatoms. The van der Waals surface area contributed by atoms with Crippen molar-refractivity contribution in [3.05, 3.63) is 18.2 Å². The predicted octanol–water partition coefficient (Wildman–Crippen LogP) is 3.11. The van der Waals surface area contributed by atoms with Crippen molar-refractivity contribution in [1.29, 1.82) is 0 Å². The third-order valence-corrected chi connectivity index (χ3v) is 6.66. The van der Waals surface area contributed by atoms with Crippen LogP contribution >= 0.6 is 23.1 Å². The van der Waals surface area contributed by atoms with E-state index in [-0.39, 0.29) is 10.9 Å². The normalized spacial score (nSPS) is 13.6. The summed E-state index contributed by atoms with van der Waals surface area (Å²) in [6.07, 6.45) is 0.674. The first-order chi connectivity index (χ1) is 10.5. The van der Waals surface area contributed by atoms with E-state index in [0.717, 1.165) is 20.3 Å². The molecule has 2 rings (SSSR count). The van der Waals surface area contributed by atoms with E-state index in [1.165, 1.54) is 11.3 Å². The van der Waals surface area contributed by atoms with Crippen molar-refractivity contribution in [3.8, 4) is 0 Å². The van der Waals surface area contributed by atoms with E-state index in [0.29, 0.717) is 13.0 Å². The Labute approximate surface area is 139 Å². The van der Waals surface area contributed by atoms with Gasteiger partial charge >= 0.3 is 0 Å². The van der Waals surface area contributed by atoms with Crippen LogP contribution in [-0.4, -0.2) is 38.9 Å². The molecule has 0 spiro atoms. The molecule has 2 aromatic rings. The van der Waals surface area contributed by atoms with Crippen molar-refractivity contribution in [1.82, 2.24) is 9.71 Å². The molecule has 0 saturated carbocycles. The molecule has 0 aliphatic carbocycles. The molecule has 0 amide bonds. The zero-order valence-corrected chi connectivity index (χ0v) is 15.3. The van der Waals surface area contributed by atoms with Crippen LogP contribution in [0.25, 0.3) is 10.2 Å². The molecular weight excluding hydrogens is 340 g/mol. The number of benzene rings is 1. The van der Waals surface area contributed by atoms with Crippen molar-refractivity contribution in [3.63, 3.8) is 0 Å². The Morgan fingerprint density at radius 3 is 2.82 bits per heavy atom. The van der Waals surface area contributed by atoms with Gasteiger partial charge in [0.15, 0.2) is 4.34 Å². The molecule has 1 N–H and O–H groups in total. The highest BCUT2D eigenvalue weighted by Crippen LogP contribution is 2.30. The Morgan fingerprint density at radius 1 is 1.41 bits per heavy atom. The summed E-state index contributed by atoms with van der Waals surface area (Å²) >= 11 is 3.18. The lowest BCUT2D eigenvalue weighted by Gasteiger charge is -2.16. The molecule has 122 valence electrons. The lowest BCUT2D eigenvalue weighted by atomic mass is 10.3. The van der Waals surface area contributed by atoms with Gasteiger partial charge in [-0.25, -0.2) is 18.1 Å².